The quantitative estimate of drug-likeness (QED) is 0.680. The number of hydrogen-bond donors (Lipinski definition) is 2. The summed E-state index contributed by atoms with van der Waals surface area (Å²) >= 11 is 0. The molecular weight excluding hydrogens is 416 g/mol. The summed E-state index contributed by atoms with van der Waals surface area (Å²) in [7, 11) is 0. The maximum absolute atomic E-state index is 12.9. The largest absolute Gasteiger partial charge is 0.349 e. The SMILES string of the molecule is CC(=O)NC(CC(=O)N1CCN(CC(=O)Nc2cccc(C)c2C)CC1)c1ccc(C)cc1. The Morgan fingerprint density at radius 2 is 1.61 bits per heavy atom. The number of benzene rings is 2. The maximum atomic E-state index is 12.9. The van der Waals surface area contributed by atoms with Crippen molar-refractivity contribution in [3.8, 4) is 0 Å². The lowest BCUT2D eigenvalue weighted by molar-refractivity contribution is -0.133. The number of nitrogens with one attached hydrogen (secondary N) is 2. The van der Waals surface area contributed by atoms with E-state index >= 15 is 0 Å². The second kappa shape index (κ2) is 11.1. The maximum Gasteiger partial charge on any atom is 0.238 e. The Hall–Kier alpha value is -3.19. The summed E-state index contributed by atoms with van der Waals surface area (Å²) in [4.78, 5) is 41.0. The average molecular weight is 451 g/mol. The van der Waals surface area contributed by atoms with Crippen LogP contribution in [-0.2, 0) is 14.4 Å². The van der Waals surface area contributed by atoms with Crippen molar-refractivity contribution in [2.24, 2.45) is 0 Å². The molecule has 0 radical (unpaired) electrons. The molecule has 0 aliphatic carbocycles. The molecule has 3 amide bonds. The number of anilines is 1. The Morgan fingerprint density at radius 1 is 0.939 bits per heavy atom. The number of nitrogens with zero attached hydrogens (tertiary/aromatic N) is 2. The minimum atomic E-state index is -0.350. The van der Waals surface area contributed by atoms with E-state index in [1.165, 1.54) is 6.92 Å². The van der Waals surface area contributed by atoms with Gasteiger partial charge in [-0.2, -0.15) is 0 Å². The highest BCUT2D eigenvalue weighted by Gasteiger charge is 2.25. The van der Waals surface area contributed by atoms with Crippen LogP contribution in [-0.4, -0.2) is 60.2 Å². The van der Waals surface area contributed by atoms with E-state index in [0.717, 1.165) is 27.9 Å². The molecule has 7 heteroatoms. The lowest BCUT2D eigenvalue weighted by Gasteiger charge is -2.35. The van der Waals surface area contributed by atoms with Gasteiger partial charge in [0.25, 0.3) is 0 Å². The first-order valence-corrected chi connectivity index (χ1v) is 11.4. The molecule has 1 fully saturated rings. The normalized spacial score (nSPS) is 15.1. The molecule has 0 bridgehead atoms. The monoisotopic (exact) mass is 450 g/mol. The van der Waals surface area contributed by atoms with Gasteiger partial charge >= 0.3 is 0 Å². The molecule has 2 aromatic rings. The Bertz CT molecular complexity index is 995. The highest BCUT2D eigenvalue weighted by atomic mass is 16.2. The van der Waals surface area contributed by atoms with Crippen molar-refractivity contribution in [3.63, 3.8) is 0 Å². The number of amides is 3. The van der Waals surface area contributed by atoms with Gasteiger partial charge in [-0.15, -0.1) is 0 Å². The van der Waals surface area contributed by atoms with Crippen LogP contribution in [0.2, 0.25) is 0 Å². The van der Waals surface area contributed by atoms with E-state index < -0.39 is 0 Å². The van der Waals surface area contributed by atoms with Crippen LogP contribution in [0.25, 0.3) is 0 Å². The average Bonchev–Trinajstić information content (AvgIpc) is 2.77. The molecule has 2 N–H and O–H groups in total. The first kappa shape index (κ1) is 24.5. The number of hydrogen-bond acceptors (Lipinski definition) is 4. The third kappa shape index (κ3) is 6.89. The van der Waals surface area contributed by atoms with Gasteiger partial charge in [-0.25, -0.2) is 0 Å². The molecule has 176 valence electrons. The topological polar surface area (TPSA) is 81.8 Å². The third-order valence-corrected chi connectivity index (χ3v) is 6.21. The molecule has 1 aliphatic rings. The van der Waals surface area contributed by atoms with Crippen LogP contribution < -0.4 is 10.6 Å². The van der Waals surface area contributed by atoms with Crippen molar-refractivity contribution in [1.82, 2.24) is 15.1 Å². The summed E-state index contributed by atoms with van der Waals surface area (Å²) < 4.78 is 0. The molecule has 3 rings (SSSR count). The van der Waals surface area contributed by atoms with Crippen LogP contribution in [0.4, 0.5) is 5.69 Å². The molecule has 1 aliphatic heterocycles. The van der Waals surface area contributed by atoms with E-state index in [2.05, 4.69) is 15.5 Å². The molecule has 33 heavy (non-hydrogen) atoms. The predicted molar refractivity (Wildman–Crippen MR) is 130 cm³/mol. The van der Waals surface area contributed by atoms with E-state index in [1.54, 1.807) is 0 Å². The van der Waals surface area contributed by atoms with Gasteiger partial charge in [0.1, 0.15) is 0 Å². The number of carbonyl (C=O) groups excluding carboxylic acids is 3. The third-order valence-electron chi connectivity index (χ3n) is 6.21. The van der Waals surface area contributed by atoms with Crippen LogP contribution in [0.5, 0.6) is 0 Å². The summed E-state index contributed by atoms with van der Waals surface area (Å²) in [6.07, 6.45) is 0.218. The van der Waals surface area contributed by atoms with Gasteiger partial charge in [-0.3, -0.25) is 19.3 Å². The van der Waals surface area contributed by atoms with E-state index in [-0.39, 0.29) is 30.2 Å². The highest BCUT2D eigenvalue weighted by Crippen LogP contribution is 2.20. The van der Waals surface area contributed by atoms with Gasteiger partial charge in [0.05, 0.1) is 19.0 Å². The molecular formula is C26H34N4O3. The van der Waals surface area contributed by atoms with Crippen molar-refractivity contribution in [1.29, 1.82) is 0 Å². The molecule has 1 heterocycles. The van der Waals surface area contributed by atoms with Gasteiger partial charge in [-0.05, 0) is 43.5 Å². The molecule has 0 spiro atoms. The van der Waals surface area contributed by atoms with Gasteiger partial charge in [0.2, 0.25) is 17.7 Å². The molecule has 1 unspecified atom stereocenters. The molecule has 0 saturated carbocycles. The first-order valence-electron chi connectivity index (χ1n) is 11.4. The van der Waals surface area contributed by atoms with Crippen molar-refractivity contribution in [2.45, 2.75) is 40.2 Å². The van der Waals surface area contributed by atoms with E-state index in [0.29, 0.717) is 32.7 Å². The zero-order chi connectivity index (χ0) is 24.0. The first-order chi connectivity index (χ1) is 15.7. The van der Waals surface area contributed by atoms with E-state index in [4.69, 9.17) is 0 Å². The summed E-state index contributed by atoms with van der Waals surface area (Å²) in [5.41, 5.74) is 5.11. The van der Waals surface area contributed by atoms with E-state index in [1.807, 2.05) is 68.1 Å². The van der Waals surface area contributed by atoms with Gasteiger partial charge in [-0.1, -0.05) is 42.0 Å². The Labute approximate surface area is 196 Å². The summed E-state index contributed by atoms with van der Waals surface area (Å²) in [6, 6.07) is 13.4. The van der Waals surface area contributed by atoms with Crippen molar-refractivity contribution < 1.29 is 14.4 Å². The minimum absolute atomic E-state index is 0.00816. The molecule has 7 nitrogen and oxygen atoms in total. The summed E-state index contributed by atoms with van der Waals surface area (Å²) in [5.74, 6) is -0.199. The van der Waals surface area contributed by atoms with Gasteiger partial charge in [0.15, 0.2) is 0 Å². The predicted octanol–water partition coefficient (Wildman–Crippen LogP) is 2.96. The van der Waals surface area contributed by atoms with Crippen LogP contribution in [0.3, 0.4) is 0 Å². The van der Waals surface area contributed by atoms with Crippen LogP contribution in [0.15, 0.2) is 42.5 Å². The smallest absolute Gasteiger partial charge is 0.238 e. The fourth-order valence-electron chi connectivity index (χ4n) is 4.03. The second-order valence-corrected chi connectivity index (χ2v) is 8.82. The zero-order valence-electron chi connectivity index (χ0n) is 20.0. The van der Waals surface area contributed by atoms with Gasteiger partial charge < -0.3 is 15.5 Å². The van der Waals surface area contributed by atoms with Crippen molar-refractivity contribution in [2.75, 3.05) is 38.0 Å². The molecule has 1 atom stereocenters. The number of carbonyl (C=O) groups is 3. The fraction of sp³-hybridized carbons (Fsp3) is 0.423. The van der Waals surface area contributed by atoms with Crippen LogP contribution in [0.1, 0.15) is 41.6 Å². The lowest BCUT2D eigenvalue weighted by Crippen LogP contribution is -2.51. The zero-order valence-corrected chi connectivity index (χ0v) is 20.0. The number of piperazine rings is 1. The van der Waals surface area contributed by atoms with E-state index in [9.17, 15) is 14.4 Å². The summed E-state index contributed by atoms with van der Waals surface area (Å²) in [6.45, 7) is 10.2. The van der Waals surface area contributed by atoms with Crippen LogP contribution in [0, 0.1) is 20.8 Å². The molecule has 1 saturated heterocycles. The molecule has 0 aromatic heterocycles. The van der Waals surface area contributed by atoms with Crippen LogP contribution >= 0.6 is 0 Å². The minimum Gasteiger partial charge on any atom is -0.349 e. The van der Waals surface area contributed by atoms with Gasteiger partial charge in [0, 0.05) is 38.8 Å². The Morgan fingerprint density at radius 3 is 2.24 bits per heavy atom. The Balaban J connectivity index is 1.51. The molecule has 2 aromatic carbocycles. The van der Waals surface area contributed by atoms with Crippen molar-refractivity contribution in [3.05, 3.63) is 64.7 Å². The summed E-state index contributed by atoms with van der Waals surface area (Å²) in [5, 5.41) is 5.90. The number of aryl methyl sites for hydroxylation is 2. The number of rotatable bonds is 7. The standard InChI is InChI=1S/C26H34N4O3/c1-18-8-10-22(11-9-18)24(27-21(4)31)16-26(33)30-14-12-29(13-15-30)17-25(32)28-23-7-5-6-19(2)20(23)3/h5-11,24H,12-17H2,1-4H3,(H,27,31)(H,28,32). The fourth-order valence-corrected chi connectivity index (χ4v) is 4.03. The lowest BCUT2D eigenvalue weighted by atomic mass is 10.0. The highest BCUT2D eigenvalue weighted by molar-refractivity contribution is 5.93. The second-order valence-electron chi connectivity index (χ2n) is 8.82. The Kier molecular flexibility index (Phi) is 8.22. The van der Waals surface area contributed by atoms with Crippen molar-refractivity contribution >= 4 is 23.4 Å².